The molecule has 2 unspecified atom stereocenters. The van der Waals surface area contributed by atoms with Gasteiger partial charge in [0.25, 0.3) is 0 Å². The number of hydrogen-bond donors (Lipinski definition) is 3. The zero-order valence-corrected chi connectivity index (χ0v) is 29.8. The van der Waals surface area contributed by atoms with E-state index in [1.807, 2.05) is 0 Å². The minimum atomic E-state index is -4.61. The predicted molar refractivity (Wildman–Crippen MR) is 161 cm³/mol. The second-order valence-electron chi connectivity index (χ2n) is 9.60. The van der Waals surface area contributed by atoms with Crippen LogP contribution < -0.4 is 0 Å². The van der Waals surface area contributed by atoms with E-state index in [-0.39, 0.29) is 34.3 Å². The number of rotatable bonds is 28. The summed E-state index contributed by atoms with van der Waals surface area (Å²) in [4.78, 5) is 29.3. The maximum Gasteiger partial charge on any atom is 0.489 e. The van der Waals surface area contributed by atoms with Crippen molar-refractivity contribution in [2.75, 3.05) is 13.2 Å². The quantitative estimate of drug-likeness (QED) is 0.0410. The molecule has 14 heteroatoms. The minimum Gasteiger partial charge on any atom is -0.324 e. The van der Waals surface area contributed by atoms with Gasteiger partial charge in [-0.3, -0.25) is 4.52 Å². The van der Waals surface area contributed by atoms with Crippen LogP contribution in [0.2, 0.25) is 0 Å². The molecule has 230 valence electrons. The van der Waals surface area contributed by atoms with Gasteiger partial charge in [0.15, 0.2) is 0 Å². The van der Waals surface area contributed by atoms with Crippen LogP contribution in [0.4, 0.5) is 0 Å². The van der Waals surface area contributed by atoms with Crippen LogP contribution in [0.1, 0.15) is 142 Å². The Morgan fingerprint density at radius 2 is 0.842 bits per heavy atom. The zero-order valence-electron chi connectivity index (χ0n) is 23.5. The van der Waals surface area contributed by atoms with Gasteiger partial charge >= 0.3 is 21.3 Å². The van der Waals surface area contributed by atoms with Crippen LogP contribution in [0.3, 0.4) is 0 Å². The first kappa shape index (κ1) is 42.1. The molecule has 38 heavy (non-hydrogen) atoms. The molecule has 0 aromatic rings. The maximum absolute atomic E-state index is 12.9. The molecule has 0 rings (SSSR count). The summed E-state index contributed by atoms with van der Waals surface area (Å²) in [5.74, 6) is 0. The molecule has 0 radical (unpaired) electrons. The van der Waals surface area contributed by atoms with Crippen molar-refractivity contribution in [3.8, 4) is 0 Å². The van der Waals surface area contributed by atoms with Crippen LogP contribution in [0.15, 0.2) is 0 Å². The first-order valence-electron chi connectivity index (χ1n) is 14.2. The van der Waals surface area contributed by atoms with Crippen LogP contribution in [0.5, 0.6) is 0 Å². The van der Waals surface area contributed by atoms with Gasteiger partial charge in [-0.2, -0.15) is 0 Å². The van der Waals surface area contributed by atoms with E-state index in [1.54, 1.807) is 0 Å². The van der Waals surface area contributed by atoms with Crippen LogP contribution in [-0.2, 0) is 66.9 Å². The fourth-order valence-electron chi connectivity index (χ4n) is 3.88. The van der Waals surface area contributed by atoms with Crippen molar-refractivity contribution in [1.29, 1.82) is 0 Å². The third-order valence-electron chi connectivity index (χ3n) is 5.91. The summed E-state index contributed by atoms with van der Waals surface area (Å²) in [7, 11) is -4.61. The van der Waals surface area contributed by atoms with Crippen molar-refractivity contribution in [3.05, 3.63) is 0 Å². The maximum atomic E-state index is 12.9. The normalized spacial score (nSPS) is 15.1. The smallest absolute Gasteiger partial charge is 0.324 e. The van der Waals surface area contributed by atoms with E-state index in [9.17, 15) is 19.2 Å². The second-order valence-corrected chi connectivity index (χ2v) is 17.0. The van der Waals surface area contributed by atoms with Crippen LogP contribution in [0.25, 0.3) is 0 Å². The van der Waals surface area contributed by atoms with E-state index in [0.717, 1.165) is 38.5 Å². The molecule has 0 amide bonds. The van der Waals surface area contributed by atoms with E-state index in [2.05, 4.69) is 30.0 Å². The Kier molecular flexibility index (Phi) is 29.4. The molecule has 0 spiro atoms. The van der Waals surface area contributed by atoms with E-state index in [0.29, 0.717) is 12.8 Å². The monoisotopic (exact) mass is 724 g/mol. The van der Waals surface area contributed by atoms with Gasteiger partial charge in [-0.05, 0) is 36.5 Å². The predicted octanol–water partition coefficient (Wildman–Crippen LogP) is 9.43. The summed E-state index contributed by atoms with van der Waals surface area (Å²) in [6.45, 7) is -3.84. The van der Waals surface area contributed by atoms with E-state index in [1.165, 1.54) is 77.0 Å². The number of unbranched alkanes of at least 4 members (excludes halogenated alkanes) is 18. The number of hydrogen-bond acceptors (Lipinski definition) is 7. The first-order chi connectivity index (χ1) is 17.5. The third kappa shape index (κ3) is 29.4. The topological polar surface area (TPSA) is 115 Å². The Balaban J connectivity index is 0. The molecule has 0 saturated heterocycles. The van der Waals surface area contributed by atoms with Gasteiger partial charge < -0.3 is 19.2 Å². The van der Waals surface area contributed by atoms with Gasteiger partial charge in [-0.15, -0.1) is 0 Å². The van der Waals surface area contributed by atoms with Crippen molar-refractivity contribution < 1.29 is 58.0 Å². The van der Waals surface area contributed by atoms with Crippen molar-refractivity contribution in [1.82, 2.24) is 0 Å². The molecule has 0 aromatic heterocycles. The van der Waals surface area contributed by atoms with Crippen LogP contribution in [-0.4, -0.2) is 27.9 Å². The zero-order chi connectivity index (χ0) is 27.9. The van der Waals surface area contributed by atoms with Crippen LogP contribution in [0, 0.1) is 0 Å². The summed E-state index contributed by atoms with van der Waals surface area (Å²) in [5, 5.41) is 0. The molecule has 0 fully saturated rings. The average molecular weight is 723 g/mol. The molecule has 8 nitrogen and oxygen atoms in total. The van der Waals surface area contributed by atoms with Gasteiger partial charge in [0.1, 0.15) is 0 Å². The Hall–Kier alpha value is 1.94. The van der Waals surface area contributed by atoms with Gasteiger partial charge in [0.2, 0.25) is 0 Å². The Labute approximate surface area is 257 Å². The minimum absolute atomic E-state index is 0. The molecule has 0 aromatic carbocycles. The van der Waals surface area contributed by atoms with Crippen molar-refractivity contribution in [2.24, 2.45) is 0 Å². The molecule has 0 aliphatic carbocycles. The summed E-state index contributed by atoms with van der Waals surface area (Å²) >= 11 is 9.36. The average Bonchev–Trinajstić information content (AvgIpc) is 2.79. The van der Waals surface area contributed by atoms with Crippen LogP contribution >= 0.6 is 21.3 Å². The molecule has 0 heterocycles. The SMILES string of the molecule is CCCCCCCCCCCCOP(=O)(OP(O)(O)=S)OP(O)(=S)OCCCCCCCCCCCC.[Mo]. The van der Waals surface area contributed by atoms with Crippen molar-refractivity contribution in [3.63, 3.8) is 0 Å². The summed E-state index contributed by atoms with van der Waals surface area (Å²) in [5.41, 5.74) is 0. The fraction of sp³-hybridized carbons (Fsp3) is 1.00. The van der Waals surface area contributed by atoms with Gasteiger partial charge in [0, 0.05) is 21.1 Å². The third-order valence-corrected chi connectivity index (χ3v) is 11.7. The van der Waals surface area contributed by atoms with Gasteiger partial charge in [-0.1, -0.05) is 129 Å². The molecule has 0 aliphatic rings. The first-order valence-corrected chi connectivity index (χ1v) is 20.9. The Morgan fingerprint density at radius 3 is 1.18 bits per heavy atom. The molecule has 3 N–H and O–H groups in total. The van der Waals surface area contributed by atoms with Gasteiger partial charge in [-0.25, -0.2) is 13.2 Å². The van der Waals surface area contributed by atoms with E-state index >= 15 is 0 Å². The molecule has 0 aliphatic heterocycles. The fourth-order valence-corrected chi connectivity index (χ4v) is 9.29. The van der Waals surface area contributed by atoms with E-state index in [4.69, 9.17) is 25.2 Å². The largest absolute Gasteiger partial charge is 0.489 e. The second kappa shape index (κ2) is 26.6. The van der Waals surface area contributed by atoms with E-state index < -0.39 is 21.3 Å². The Bertz CT molecular complexity index is 685. The summed E-state index contributed by atoms with van der Waals surface area (Å²) < 4.78 is 33.0. The summed E-state index contributed by atoms with van der Waals surface area (Å²) in [6, 6.07) is 0. The van der Waals surface area contributed by atoms with Crippen molar-refractivity contribution >= 4 is 44.9 Å². The summed E-state index contributed by atoms with van der Waals surface area (Å²) in [6.07, 6.45) is 22.5. The molecule has 0 bridgehead atoms. The Morgan fingerprint density at radius 1 is 0.526 bits per heavy atom. The van der Waals surface area contributed by atoms with Gasteiger partial charge in [0.05, 0.1) is 13.2 Å². The molecular formula is C24H53MoO8P3S2. The molecule has 0 saturated carbocycles. The molecular weight excluding hydrogens is 669 g/mol. The van der Waals surface area contributed by atoms with Crippen molar-refractivity contribution in [2.45, 2.75) is 142 Å². The number of phosphoric acid groups is 1. The molecule has 2 atom stereocenters. The standard InChI is InChI=1S/C24H53O8P3S2.Mo/c1-3-5-7-9-11-13-15-17-19-21-23-29-34(27,31-33(25,26)36)32-35(28,37)30-24-22-20-18-16-14-12-10-8-6-4-2;/h3-24H2,1-2H3,(H,28,37)(H2,25,26,36);.